The van der Waals surface area contributed by atoms with Gasteiger partial charge >= 0.3 is 0 Å². The summed E-state index contributed by atoms with van der Waals surface area (Å²) in [5, 5.41) is 3.24. The smallest absolute Gasteiger partial charge is 0.234 e. The first-order valence-electron chi connectivity index (χ1n) is 9.30. The maximum atomic E-state index is 12.4. The van der Waals surface area contributed by atoms with Gasteiger partial charge in [-0.3, -0.25) is 9.69 Å². The summed E-state index contributed by atoms with van der Waals surface area (Å²) in [6.45, 7) is 9.87. The number of hydrogen-bond acceptors (Lipinski definition) is 3. The number of hydrogen-bond donors (Lipinski definition) is 1. The molecule has 1 aliphatic rings. The van der Waals surface area contributed by atoms with Crippen LogP contribution in [0.5, 0.6) is 5.75 Å². The van der Waals surface area contributed by atoms with E-state index in [2.05, 4.69) is 25.7 Å². The molecule has 0 spiro atoms. The van der Waals surface area contributed by atoms with Crippen molar-refractivity contribution >= 4 is 5.91 Å². The number of nitrogens with one attached hydrogen (secondary N) is 1. The second-order valence-corrected chi connectivity index (χ2v) is 7.36. The zero-order valence-electron chi connectivity index (χ0n) is 15.8. The molecule has 3 atom stereocenters. The molecule has 1 N–H and O–H groups in total. The maximum absolute atomic E-state index is 12.4. The average Bonchev–Trinajstić information content (AvgIpc) is 2.58. The Labute approximate surface area is 152 Å². The molecule has 0 heterocycles. The minimum Gasteiger partial charge on any atom is -0.490 e. The van der Waals surface area contributed by atoms with Crippen molar-refractivity contribution in [3.05, 3.63) is 42.5 Å². The number of ether oxygens (including phenoxy) is 1. The molecule has 4 nitrogen and oxygen atoms in total. The first-order chi connectivity index (χ1) is 12.0. The van der Waals surface area contributed by atoms with Crippen molar-refractivity contribution in [3.8, 4) is 5.75 Å². The molecule has 1 saturated carbocycles. The van der Waals surface area contributed by atoms with Crippen molar-refractivity contribution in [1.29, 1.82) is 0 Å². The number of carbonyl (C=O) groups is 1. The van der Waals surface area contributed by atoms with E-state index in [4.69, 9.17) is 4.74 Å². The van der Waals surface area contributed by atoms with Gasteiger partial charge in [0.15, 0.2) is 0 Å². The summed E-state index contributed by atoms with van der Waals surface area (Å²) in [6.07, 6.45) is 5.33. The molecule has 4 heteroatoms. The van der Waals surface area contributed by atoms with E-state index in [1.165, 1.54) is 18.4 Å². The second-order valence-electron chi connectivity index (χ2n) is 7.36. The van der Waals surface area contributed by atoms with E-state index in [1.54, 1.807) is 6.08 Å². The third-order valence-electron chi connectivity index (χ3n) is 5.21. The number of amides is 1. The topological polar surface area (TPSA) is 41.6 Å². The van der Waals surface area contributed by atoms with E-state index in [0.29, 0.717) is 31.0 Å². The van der Waals surface area contributed by atoms with Crippen LogP contribution in [0.25, 0.3) is 0 Å². The van der Waals surface area contributed by atoms with Crippen LogP contribution in [0.15, 0.2) is 36.9 Å². The molecule has 0 saturated heterocycles. The number of carbonyl (C=O) groups excluding carboxylic acids is 1. The summed E-state index contributed by atoms with van der Waals surface area (Å²) in [5.41, 5.74) is 1.17. The van der Waals surface area contributed by atoms with Crippen LogP contribution in [0, 0.1) is 11.8 Å². The Morgan fingerprint density at radius 3 is 2.72 bits per heavy atom. The Bertz CT molecular complexity index is 556. The minimum absolute atomic E-state index is 0.124. The highest BCUT2D eigenvalue weighted by molar-refractivity contribution is 5.78. The highest BCUT2D eigenvalue weighted by Gasteiger charge is 2.28. The normalized spacial score (nSPS) is 23.3. The minimum atomic E-state index is 0.124. The van der Waals surface area contributed by atoms with Crippen LogP contribution >= 0.6 is 0 Å². The van der Waals surface area contributed by atoms with E-state index in [-0.39, 0.29) is 5.91 Å². The Morgan fingerprint density at radius 2 is 2.04 bits per heavy atom. The number of likely N-dealkylation sites (N-methyl/N-ethyl adjacent to an activating group) is 1. The first kappa shape index (κ1) is 19.5. The molecular weight excluding hydrogens is 312 g/mol. The highest BCUT2D eigenvalue weighted by atomic mass is 16.5. The quantitative estimate of drug-likeness (QED) is 0.732. The maximum Gasteiger partial charge on any atom is 0.234 e. The summed E-state index contributed by atoms with van der Waals surface area (Å²) in [7, 11) is 1.98. The summed E-state index contributed by atoms with van der Waals surface area (Å²) < 4.78 is 5.49. The van der Waals surface area contributed by atoms with Gasteiger partial charge in [-0.25, -0.2) is 0 Å². The monoisotopic (exact) mass is 344 g/mol. The molecular formula is C21H32N2O2. The molecule has 1 fully saturated rings. The molecule has 1 aromatic rings. The summed E-state index contributed by atoms with van der Waals surface area (Å²) >= 11 is 0. The fraction of sp³-hybridized carbons (Fsp3) is 0.571. The lowest BCUT2D eigenvalue weighted by molar-refractivity contribution is -0.123. The Kier molecular flexibility index (Phi) is 7.51. The fourth-order valence-electron chi connectivity index (χ4n) is 3.50. The third-order valence-corrected chi connectivity index (χ3v) is 5.21. The largest absolute Gasteiger partial charge is 0.490 e. The van der Waals surface area contributed by atoms with Gasteiger partial charge in [-0.15, -0.1) is 0 Å². The molecule has 1 aromatic carbocycles. The van der Waals surface area contributed by atoms with Gasteiger partial charge in [0.25, 0.3) is 0 Å². The van der Waals surface area contributed by atoms with Gasteiger partial charge < -0.3 is 10.1 Å². The van der Waals surface area contributed by atoms with Crippen molar-refractivity contribution in [2.75, 3.05) is 20.2 Å². The van der Waals surface area contributed by atoms with Gasteiger partial charge in [0, 0.05) is 12.6 Å². The van der Waals surface area contributed by atoms with Gasteiger partial charge in [-0.2, -0.15) is 0 Å². The zero-order chi connectivity index (χ0) is 18.2. The van der Waals surface area contributed by atoms with E-state index in [9.17, 15) is 4.79 Å². The lowest BCUT2D eigenvalue weighted by Crippen LogP contribution is -2.46. The van der Waals surface area contributed by atoms with Crippen LogP contribution in [0.3, 0.4) is 0 Å². The average molecular weight is 344 g/mol. The Balaban J connectivity index is 1.78. The molecule has 0 radical (unpaired) electrons. The summed E-state index contributed by atoms with van der Waals surface area (Å²) in [4.78, 5) is 14.4. The molecule has 1 amide bonds. The third kappa shape index (κ3) is 6.20. The lowest BCUT2D eigenvalue weighted by Gasteiger charge is -2.35. The van der Waals surface area contributed by atoms with Crippen molar-refractivity contribution < 1.29 is 9.53 Å². The van der Waals surface area contributed by atoms with Gasteiger partial charge in [0.2, 0.25) is 5.91 Å². The standard InChI is InChI=1S/C21H32N2O2/c1-5-13-25-19-11-9-18(10-12-19)14-23(4)15-21(24)22-20-8-6-7-16(2)17(20)3/h5,9-12,16-17,20H,1,6-8,13-15H2,2-4H3,(H,22,24). The number of rotatable bonds is 8. The van der Waals surface area contributed by atoms with Crippen molar-refractivity contribution in [2.24, 2.45) is 11.8 Å². The molecule has 1 aliphatic carbocycles. The van der Waals surface area contributed by atoms with Crippen LogP contribution in [0.1, 0.15) is 38.7 Å². The van der Waals surface area contributed by atoms with Gasteiger partial charge in [-0.05, 0) is 43.0 Å². The lowest BCUT2D eigenvalue weighted by atomic mass is 9.78. The molecule has 2 rings (SSSR count). The first-order valence-corrected chi connectivity index (χ1v) is 9.30. The highest BCUT2D eigenvalue weighted by Crippen LogP contribution is 2.29. The number of benzene rings is 1. The van der Waals surface area contributed by atoms with E-state index in [1.807, 2.05) is 36.2 Å². The van der Waals surface area contributed by atoms with Crippen LogP contribution in [-0.2, 0) is 11.3 Å². The van der Waals surface area contributed by atoms with Crippen molar-refractivity contribution in [2.45, 2.75) is 45.7 Å². The fourth-order valence-corrected chi connectivity index (χ4v) is 3.50. The molecule has 0 bridgehead atoms. The predicted molar refractivity (Wildman–Crippen MR) is 103 cm³/mol. The summed E-state index contributed by atoms with van der Waals surface area (Å²) in [6, 6.07) is 8.32. The van der Waals surface area contributed by atoms with Gasteiger partial charge in [0.1, 0.15) is 12.4 Å². The van der Waals surface area contributed by atoms with Crippen LogP contribution in [0.4, 0.5) is 0 Å². The molecule has 0 aliphatic heterocycles. The predicted octanol–water partition coefficient (Wildman–Crippen LogP) is 3.62. The Hall–Kier alpha value is -1.81. The summed E-state index contributed by atoms with van der Waals surface area (Å²) in [5.74, 6) is 2.22. The van der Waals surface area contributed by atoms with Crippen molar-refractivity contribution in [1.82, 2.24) is 10.2 Å². The Morgan fingerprint density at radius 1 is 1.32 bits per heavy atom. The number of nitrogens with zero attached hydrogens (tertiary/aromatic N) is 1. The SMILES string of the molecule is C=CCOc1ccc(CN(C)CC(=O)NC2CCCC(C)C2C)cc1. The second kappa shape index (κ2) is 9.62. The molecule has 25 heavy (non-hydrogen) atoms. The van der Waals surface area contributed by atoms with Crippen LogP contribution in [0.2, 0.25) is 0 Å². The molecule has 138 valence electrons. The zero-order valence-corrected chi connectivity index (χ0v) is 15.8. The van der Waals surface area contributed by atoms with E-state index >= 15 is 0 Å². The van der Waals surface area contributed by atoms with Gasteiger partial charge in [-0.1, -0.05) is 51.5 Å². The van der Waals surface area contributed by atoms with E-state index in [0.717, 1.165) is 18.7 Å². The van der Waals surface area contributed by atoms with Crippen molar-refractivity contribution in [3.63, 3.8) is 0 Å². The van der Waals surface area contributed by atoms with Crippen LogP contribution < -0.4 is 10.1 Å². The van der Waals surface area contributed by atoms with Crippen LogP contribution in [-0.4, -0.2) is 37.0 Å². The van der Waals surface area contributed by atoms with Gasteiger partial charge in [0.05, 0.1) is 6.54 Å². The molecule has 3 unspecified atom stereocenters. The molecule has 0 aromatic heterocycles. The van der Waals surface area contributed by atoms with E-state index < -0.39 is 0 Å².